The molecule has 0 aliphatic carbocycles. The maximum Gasteiger partial charge on any atom is 0.117 e. The van der Waals surface area contributed by atoms with Gasteiger partial charge >= 0.3 is 0 Å². The molecular formula is C48H30N8. The Morgan fingerprint density at radius 3 is 1.27 bits per heavy atom. The minimum Gasteiger partial charge on any atom is -0.307 e. The third kappa shape index (κ3) is 5.15. The fourth-order valence-electron chi connectivity index (χ4n) is 7.94. The third-order valence-corrected chi connectivity index (χ3v) is 10.4. The predicted octanol–water partition coefficient (Wildman–Crippen LogP) is 10.9. The summed E-state index contributed by atoms with van der Waals surface area (Å²) in [7, 11) is 0. The Hall–Kier alpha value is -7.84. The van der Waals surface area contributed by atoms with Gasteiger partial charge in [0.1, 0.15) is 11.0 Å². The lowest BCUT2D eigenvalue weighted by Crippen LogP contribution is -2.01. The first kappa shape index (κ1) is 31.7. The molecule has 3 aromatic carbocycles. The fourth-order valence-corrected chi connectivity index (χ4v) is 7.94. The standard InChI is InChI=1S/C48H30N8/c1-2-17-43-37(12-1)38-30-54-46-45-44(18-11-23-53-45)56(36-28-33(41-15-5-9-21-51-41)25-34(29-36)42-16-6-10-22-52-42)48(46)47(38)55(43)35-26-31(39-13-3-7-19-49-39)24-32(27-35)40-14-4-8-20-50-40/h1-30H. The van der Waals surface area contributed by atoms with Crippen LogP contribution in [0.1, 0.15) is 0 Å². The first-order chi connectivity index (χ1) is 27.8. The van der Waals surface area contributed by atoms with Gasteiger partial charge in [0.05, 0.1) is 44.8 Å². The third-order valence-electron chi connectivity index (χ3n) is 10.4. The highest BCUT2D eigenvalue weighted by Gasteiger charge is 2.24. The molecule has 8 aromatic heterocycles. The van der Waals surface area contributed by atoms with Crippen LogP contribution in [0.4, 0.5) is 0 Å². The highest BCUT2D eigenvalue weighted by molar-refractivity contribution is 6.21. The Kier molecular flexibility index (Phi) is 7.31. The van der Waals surface area contributed by atoms with Crippen molar-refractivity contribution in [2.24, 2.45) is 0 Å². The first-order valence-corrected chi connectivity index (χ1v) is 18.4. The molecule has 0 atom stereocenters. The minimum absolute atomic E-state index is 0.811. The second kappa shape index (κ2) is 12.9. The lowest BCUT2D eigenvalue weighted by atomic mass is 10.0. The molecule has 11 aromatic rings. The summed E-state index contributed by atoms with van der Waals surface area (Å²) in [4.78, 5) is 29.2. The van der Waals surface area contributed by atoms with Crippen LogP contribution in [-0.4, -0.2) is 39.0 Å². The van der Waals surface area contributed by atoms with E-state index in [9.17, 15) is 0 Å². The summed E-state index contributed by atoms with van der Waals surface area (Å²) in [5.74, 6) is 0. The van der Waals surface area contributed by atoms with E-state index in [0.29, 0.717) is 0 Å². The van der Waals surface area contributed by atoms with Crippen molar-refractivity contribution in [3.8, 4) is 56.4 Å². The summed E-state index contributed by atoms with van der Waals surface area (Å²) < 4.78 is 4.68. The molecule has 0 N–H and O–H groups in total. The minimum atomic E-state index is 0.811. The van der Waals surface area contributed by atoms with Crippen LogP contribution in [0.15, 0.2) is 183 Å². The van der Waals surface area contributed by atoms with Crippen molar-refractivity contribution in [3.05, 3.63) is 183 Å². The normalized spacial score (nSPS) is 11.6. The summed E-state index contributed by atoms with van der Waals surface area (Å²) >= 11 is 0. The molecule has 262 valence electrons. The number of aromatic nitrogens is 8. The van der Waals surface area contributed by atoms with E-state index in [0.717, 1.165) is 100 Å². The molecule has 0 saturated carbocycles. The average molecular weight is 719 g/mol. The topological polar surface area (TPSA) is 87.2 Å². The smallest absolute Gasteiger partial charge is 0.117 e. The Labute approximate surface area is 321 Å². The molecule has 0 aliphatic rings. The second-order valence-corrected chi connectivity index (χ2v) is 13.7. The van der Waals surface area contributed by atoms with Gasteiger partial charge in [-0.15, -0.1) is 0 Å². The molecule has 0 fully saturated rings. The molecule has 56 heavy (non-hydrogen) atoms. The number of nitrogens with zero attached hydrogens (tertiary/aromatic N) is 8. The summed E-state index contributed by atoms with van der Waals surface area (Å²) in [5, 5.41) is 2.13. The van der Waals surface area contributed by atoms with Gasteiger partial charge in [0.15, 0.2) is 0 Å². The molecule has 8 nitrogen and oxygen atoms in total. The fraction of sp³-hybridized carbons (Fsp3) is 0. The van der Waals surface area contributed by atoms with E-state index in [-0.39, 0.29) is 0 Å². The quantitative estimate of drug-likeness (QED) is 0.170. The van der Waals surface area contributed by atoms with Gasteiger partial charge in [-0.2, -0.15) is 0 Å². The molecule has 8 heterocycles. The van der Waals surface area contributed by atoms with Gasteiger partial charge in [-0.05, 0) is 103 Å². The number of hydrogen-bond donors (Lipinski definition) is 0. The van der Waals surface area contributed by atoms with Crippen LogP contribution in [0.5, 0.6) is 0 Å². The van der Waals surface area contributed by atoms with E-state index < -0.39 is 0 Å². The zero-order chi connectivity index (χ0) is 37.0. The van der Waals surface area contributed by atoms with Crippen molar-refractivity contribution in [3.63, 3.8) is 0 Å². The van der Waals surface area contributed by atoms with Crippen molar-refractivity contribution >= 4 is 43.9 Å². The van der Waals surface area contributed by atoms with Crippen LogP contribution >= 0.6 is 0 Å². The molecule has 0 unspecified atom stereocenters. The van der Waals surface area contributed by atoms with E-state index in [2.05, 4.69) is 75.9 Å². The van der Waals surface area contributed by atoms with Crippen LogP contribution in [0.3, 0.4) is 0 Å². The molecule has 11 rings (SSSR count). The van der Waals surface area contributed by atoms with Gasteiger partial charge in [-0.25, -0.2) is 0 Å². The summed E-state index contributed by atoms with van der Waals surface area (Å²) in [6.45, 7) is 0. The van der Waals surface area contributed by atoms with Crippen LogP contribution < -0.4 is 0 Å². The molecular weight excluding hydrogens is 689 g/mol. The summed E-state index contributed by atoms with van der Waals surface area (Å²) in [6, 6.07) is 49.9. The van der Waals surface area contributed by atoms with Crippen LogP contribution in [0.2, 0.25) is 0 Å². The number of fused-ring (bicyclic) bond motifs is 7. The highest BCUT2D eigenvalue weighted by Crippen LogP contribution is 2.42. The van der Waals surface area contributed by atoms with Crippen molar-refractivity contribution < 1.29 is 0 Å². The first-order valence-electron chi connectivity index (χ1n) is 18.4. The Bertz CT molecular complexity index is 2900. The van der Waals surface area contributed by atoms with Gasteiger partial charge in [0.2, 0.25) is 0 Å². The van der Waals surface area contributed by atoms with E-state index in [4.69, 9.17) is 29.9 Å². The zero-order valence-corrected chi connectivity index (χ0v) is 29.9. The summed E-state index contributed by atoms with van der Waals surface area (Å²) in [6.07, 6.45) is 11.2. The van der Waals surface area contributed by atoms with Crippen LogP contribution in [0, 0.1) is 0 Å². The molecule has 0 bridgehead atoms. The van der Waals surface area contributed by atoms with Gasteiger partial charge in [-0.3, -0.25) is 29.9 Å². The average Bonchev–Trinajstić information content (AvgIpc) is 3.81. The van der Waals surface area contributed by atoms with Gasteiger partial charge in [-0.1, -0.05) is 42.5 Å². The maximum atomic E-state index is 5.19. The monoisotopic (exact) mass is 718 g/mol. The molecule has 0 saturated heterocycles. The zero-order valence-electron chi connectivity index (χ0n) is 29.9. The van der Waals surface area contributed by atoms with E-state index >= 15 is 0 Å². The Balaban J connectivity index is 1.29. The molecule has 0 spiro atoms. The number of para-hydroxylation sites is 1. The number of rotatable bonds is 6. The number of benzene rings is 3. The highest BCUT2D eigenvalue weighted by atomic mass is 15.1. The largest absolute Gasteiger partial charge is 0.307 e. The predicted molar refractivity (Wildman–Crippen MR) is 224 cm³/mol. The van der Waals surface area contributed by atoms with Crippen LogP contribution in [-0.2, 0) is 0 Å². The lowest BCUT2D eigenvalue weighted by molar-refractivity contribution is 1.14. The summed E-state index contributed by atoms with van der Waals surface area (Å²) in [5.41, 5.74) is 15.0. The Morgan fingerprint density at radius 1 is 0.321 bits per heavy atom. The molecule has 8 heteroatoms. The van der Waals surface area contributed by atoms with Gasteiger partial charge in [0, 0.05) is 81.6 Å². The van der Waals surface area contributed by atoms with Crippen molar-refractivity contribution in [1.82, 2.24) is 39.0 Å². The van der Waals surface area contributed by atoms with Crippen LogP contribution in [0.25, 0.3) is 100 Å². The lowest BCUT2D eigenvalue weighted by Gasteiger charge is -2.16. The van der Waals surface area contributed by atoms with Crippen molar-refractivity contribution in [2.75, 3.05) is 0 Å². The number of hydrogen-bond acceptors (Lipinski definition) is 6. The van der Waals surface area contributed by atoms with E-state index in [1.807, 2.05) is 116 Å². The molecule has 0 amide bonds. The second-order valence-electron chi connectivity index (χ2n) is 13.7. The SMILES string of the molecule is c1ccc(-c2cc(-c3ccccn3)cc(-n3c4ccccc4c4cnc5c6ncccc6n(-c6cc(-c7ccccn7)cc(-c7ccccn7)c6)c5c43)c2)nc1. The maximum absolute atomic E-state index is 5.19. The van der Waals surface area contributed by atoms with Gasteiger partial charge < -0.3 is 9.13 Å². The van der Waals surface area contributed by atoms with E-state index in [1.54, 1.807) is 0 Å². The number of pyridine rings is 6. The molecule has 0 radical (unpaired) electrons. The van der Waals surface area contributed by atoms with Crippen molar-refractivity contribution in [2.45, 2.75) is 0 Å². The Morgan fingerprint density at radius 2 is 0.768 bits per heavy atom. The van der Waals surface area contributed by atoms with E-state index in [1.165, 1.54) is 0 Å². The van der Waals surface area contributed by atoms with Crippen molar-refractivity contribution in [1.29, 1.82) is 0 Å². The molecule has 0 aliphatic heterocycles. The van der Waals surface area contributed by atoms with Gasteiger partial charge in [0.25, 0.3) is 0 Å².